The first-order valence-corrected chi connectivity index (χ1v) is 13.4. The topological polar surface area (TPSA) is 133 Å². The number of hydrogen-bond acceptors (Lipinski definition) is 8. The molecular formula is C30H28N8O3. The van der Waals surface area contributed by atoms with Gasteiger partial charge < -0.3 is 9.30 Å². The van der Waals surface area contributed by atoms with Crippen LogP contribution in [0.4, 0.5) is 0 Å². The van der Waals surface area contributed by atoms with E-state index < -0.39 is 5.97 Å². The molecule has 0 spiro atoms. The van der Waals surface area contributed by atoms with Crippen molar-refractivity contribution in [1.29, 1.82) is 0 Å². The number of benzene rings is 3. The Morgan fingerprint density at radius 2 is 1.83 bits per heavy atom. The molecule has 11 nitrogen and oxygen atoms in total. The molecule has 0 saturated heterocycles. The number of tetrazole rings is 1. The van der Waals surface area contributed by atoms with Crippen molar-refractivity contribution in [3.05, 3.63) is 88.0 Å². The number of carbonyl (C=O) groups excluding carboxylic acids is 1. The van der Waals surface area contributed by atoms with Crippen LogP contribution in [0.1, 0.15) is 41.5 Å². The van der Waals surface area contributed by atoms with Crippen LogP contribution in [0, 0.1) is 0 Å². The number of nitrogens with zero attached hydrogens (tertiary/aromatic N) is 7. The van der Waals surface area contributed by atoms with Crippen LogP contribution in [0.15, 0.2) is 65.5 Å². The zero-order valence-electron chi connectivity index (χ0n) is 23.0. The highest BCUT2D eigenvalue weighted by Crippen LogP contribution is 2.29. The van der Waals surface area contributed by atoms with Gasteiger partial charge in [-0.3, -0.25) is 9.36 Å². The number of nitrogens with one attached hydrogen (secondary N) is 1. The van der Waals surface area contributed by atoms with E-state index in [1.54, 1.807) is 17.7 Å². The molecule has 3 aromatic heterocycles. The number of aromatic amines is 1. The maximum absolute atomic E-state index is 13.7. The molecule has 0 atom stereocenters. The second kappa shape index (κ2) is 10.8. The molecule has 41 heavy (non-hydrogen) atoms. The van der Waals surface area contributed by atoms with Crippen LogP contribution in [0.2, 0.25) is 0 Å². The number of aryl methyl sites for hydroxylation is 1. The molecule has 1 N–H and O–H groups in total. The van der Waals surface area contributed by atoms with Gasteiger partial charge in [0, 0.05) is 31.1 Å². The van der Waals surface area contributed by atoms with Gasteiger partial charge in [-0.25, -0.2) is 14.8 Å². The first kappa shape index (κ1) is 26.1. The van der Waals surface area contributed by atoms with Crippen LogP contribution in [0.25, 0.3) is 44.7 Å². The van der Waals surface area contributed by atoms with E-state index in [1.165, 1.54) is 7.11 Å². The molecular weight excluding hydrogens is 520 g/mol. The normalized spacial score (nSPS) is 11.4. The predicted octanol–water partition coefficient (Wildman–Crippen LogP) is 4.31. The molecule has 0 bridgehead atoms. The van der Waals surface area contributed by atoms with Gasteiger partial charge in [0.2, 0.25) is 5.82 Å². The van der Waals surface area contributed by atoms with E-state index in [0.29, 0.717) is 40.2 Å². The quantitative estimate of drug-likeness (QED) is 0.278. The lowest BCUT2D eigenvalue weighted by Gasteiger charge is -2.14. The van der Waals surface area contributed by atoms with Gasteiger partial charge in [-0.15, -0.1) is 10.2 Å². The largest absolute Gasteiger partial charge is 0.465 e. The number of carbonyl (C=O) groups is 1. The smallest absolute Gasteiger partial charge is 0.340 e. The van der Waals surface area contributed by atoms with Gasteiger partial charge in [0.1, 0.15) is 11.6 Å². The highest BCUT2D eigenvalue weighted by atomic mass is 16.5. The molecule has 0 fully saturated rings. The van der Waals surface area contributed by atoms with E-state index in [4.69, 9.17) is 14.7 Å². The molecule has 0 aliphatic heterocycles. The molecule has 11 heteroatoms. The van der Waals surface area contributed by atoms with E-state index >= 15 is 0 Å². The number of ether oxygens (including phenoxy) is 1. The molecule has 0 saturated carbocycles. The molecule has 6 rings (SSSR count). The number of unbranched alkanes of at least 4 members (excludes halogenated alkanes) is 1. The van der Waals surface area contributed by atoms with Crippen molar-refractivity contribution in [2.75, 3.05) is 7.11 Å². The van der Waals surface area contributed by atoms with Crippen LogP contribution < -0.4 is 5.56 Å². The summed E-state index contributed by atoms with van der Waals surface area (Å²) in [4.78, 5) is 36.0. The van der Waals surface area contributed by atoms with Crippen molar-refractivity contribution in [3.8, 4) is 22.8 Å². The van der Waals surface area contributed by atoms with Gasteiger partial charge in [-0.1, -0.05) is 49.7 Å². The summed E-state index contributed by atoms with van der Waals surface area (Å²) in [5.41, 5.74) is 4.66. The number of aromatic nitrogens is 8. The molecule has 0 aliphatic rings. The number of methoxy groups -OCH3 is 1. The maximum atomic E-state index is 13.7. The lowest BCUT2D eigenvalue weighted by molar-refractivity contribution is 0.0602. The first-order valence-electron chi connectivity index (χ1n) is 13.4. The minimum atomic E-state index is -0.413. The number of imidazole rings is 1. The van der Waals surface area contributed by atoms with Gasteiger partial charge in [0.25, 0.3) is 5.56 Å². The first-order chi connectivity index (χ1) is 20.0. The lowest BCUT2D eigenvalue weighted by atomic mass is 10.1. The summed E-state index contributed by atoms with van der Waals surface area (Å²) >= 11 is 0. The average Bonchev–Trinajstić information content (AvgIpc) is 3.66. The molecule has 0 unspecified atom stereocenters. The molecule has 0 radical (unpaired) electrons. The Morgan fingerprint density at radius 1 is 1.00 bits per heavy atom. The van der Waals surface area contributed by atoms with Crippen LogP contribution >= 0.6 is 0 Å². The molecule has 206 valence electrons. The summed E-state index contributed by atoms with van der Waals surface area (Å²) in [6, 6.07) is 18.7. The second-order valence-corrected chi connectivity index (χ2v) is 9.81. The third-order valence-electron chi connectivity index (χ3n) is 7.24. The van der Waals surface area contributed by atoms with Gasteiger partial charge in [0.15, 0.2) is 0 Å². The van der Waals surface area contributed by atoms with E-state index in [1.807, 2.05) is 54.6 Å². The fourth-order valence-corrected chi connectivity index (χ4v) is 5.19. The van der Waals surface area contributed by atoms with E-state index in [-0.39, 0.29) is 5.56 Å². The number of rotatable bonds is 8. The lowest BCUT2D eigenvalue weighted by Crippen LogP contribution is -2.21. The summed E-state index contributed by atoms with van der Waals surface area (Å²) < 4.78 is 8.66. The Bertz CT molecular complexity index is 1960. The highest BCUT2D eigenvalue weighted by molar-refractivity contribution is 6.02. The predicted molar refractivity (Wildman–Crippen MR) is 154 cm³/mol. The monoisotopic (exact) mass is 548 g/mol. The van der Waals surface area contributed by atoms with Gasteiger partial charge >= 0.3 is 5.97 Å². The zero-order chi connectivity index (χ0) is 28.5. The van der Waals surface area contributed by atoms with Gasteiger partial charge in [0.05, 0.1) is 34.6 Å². The van der Waals surface area contributed by atoms with Crippen molar-refractivity contribution >= 4 is 27.9 Å². The molecule has 0 aliphatic carbocycles. The highest BCUT2D eigenvalue weighted by Gasteiger charge is 2.20. The Morgan fingerprint density at radius 3 is 2.59 bits per heavy atom. The Labute approximate surface area is 234 Å². The Hall–Kier alpha value is -5.19. The zero-order valence-corrected chi connectivity index (χ0v) is 23.0. The minimum Gasteiger partial charge on any atom is -0.465 e. The molecule has 3 heterocycles. The number of para-hydroxylation sites is 1. The fraction of sp³-hybridized carbons (Fsp3) is 0.233. The van der Waals surface area contributed by atoms with Crippen molar-refractivity contribution < 1.29 is 9.53 Å². The van der Waals surface area contributed by atoms with Gasteiger partial charge in [-0.05, 0) is 41.5 Å². The van der Waals surface area contributed by atoms with Crippen LogP contribution in [0.5, 0.6) is 0 Å². The van der Waals surface area contributed by atoms with Crippen LogP contribution in [-0.2, 0) is 24.8 Å². The van der Waals surface area contributed by atoms with Crippen LogP contribution in [0.3, 0.4) is 0 Å². The Kier molecular flexibility index (Phi) is 6.84. The average molecular weight is 549 g/mol. The summed E-state index contributed by atoms with van der Waals surface area (Å²) in [6.45, 7) is 2.57. The third-order valence-corrected chi connectivity index (χ3v) is 7.24. The molecule has 3 aromatic carbocycles. The number of fused-ring (bicyclic) bond motifs is 2. The van der Waals surface area contributed by atoms with Crippen molar-refractivity contribution in [2.45, 2.75) is 32.7 Å². The van der Waals surface area contributed by atoms with E-state index in [9.17, 15) is 9.59 Å². The van der Waals surface area contributed by atoms with Crippen molar-refractivity contribution in [1.82, 2.24) is 39.7 Å². The summed E-state index contributed by atoms with van der Waals surface area (Å²) in [5, 5.41) is 14.9. The van der Waals surface area contributed by atoms with Crippen molar-refractivity contribution in [2.24, 2.45) is 7.05 Å². The second-order valence-electron chi connectivity index (χ2n) is 9.81. The Balaban J connectivity index is 1.46. The SMILES string of the molecule is CCCCc1nc2cccc(C(=O)OC)c2n1Cc1ccc2nc(-c3ccccc3-c3nn[nH]n3)n(C)c(=O)c2c1. The number of hydrogen-bond donors (Lipinski definition) is 1. The summed E-state index contributed by atoms with van der Waals surface area (Å²) in [6.07, 6.45) is 2.75. The maximum Gasteiger partial charge on any atom is 0.340 e. The minimum absolute atomic E-state index is 0.174. The molecule has 6 aromatic rings. The summed E-state index contributed by atoms with van der Waals surface area (Å²) in [5.74, 6) is 1.39. The van der Waals surface area contributed by atoms with E-state index in [0.717, 1.165) is 47.2 Å². The van der Waals surface area contributed by atoms with Gasteiger partial charge in [-0.2, -0.15) is 5.21 Å². The number of H-pyrrole nitrogens is 1. The molecule has 0 amide bonds. The fourth-order valence-electron chi connectivity index (χ4n) is 5.19. The summed E-state index contributed by atoms with van der Waals surface area (Å²) in [7, 11) is 3.08. The van der Waals surface area contributed by atoms with E-state index in [2.05, 4.69) is 32.1 Å². The third kappa shape index (κ3) is 4.65. The van der Waals surface area contributed by atoms with Crippen molar-refractivity contribution in [3.63, 3.8) is 0 Å². The number of esters is 1. The standard InChI is InChI=1S/C30H28N8O3/c1-4-5-13-25-31-24-12-8-11-21(30(40)41-3)26(24)38(25)17-18-14-15-23-22(16-18)29(39)37(2)28(32-23)20-10-7-6-9-19(20)27-33-35-36-34-27/h6-12,14-16H,4-5,13,17H2,1-3H3,(H,33,34,35,36). The van der Waals surface area contributed by atoms with Crippen LogP contribution in [-0.4, -0.2) is 52.8 Å².